The van der Waals surface area contributed by atoms with Gasteiger partial charge in [0.15, 0.2) is 6.61 Å². The first-order chi connectivity index (χ1) is 14.3. The van der Waals surface area contributed by atoms with Crippen LogP contribution in [0.3, 0.4) is 0 Å². The van der Waals surface area contributed by atoms with Crippen LogP contribution in [0, 0.1) is 0 Å². The fraction of sp³-hybridized carbons (Fsp3) is 0.375. The van der Waals surface area contributed by atoms with Crippen molar-refractivity contribution in [2.45, 2.75) is 31.8 Å². The minimum absolute atomic E-state index is 0.0929. The number of likely N-dealkylation sites (tertiary alicyclic amines) is 1. The highest BCUT2D eigenvalue weighted by Gasteiger charge is 2.29. The summed E-state index contributed by atoms with van der Waals surface area (Å²) in [7, 11) is 0. The molecule has 5 heteroatoms. The van der Waals surface area contributed by atoms with Gasteiger partial charge in [-0.15, -0.1) is 11.3 Å². The van der Waals surface area contributed by atoms with Gasteiger partial charge in [0.25, 0.3) is 5.91 Å². The van der Waals surface area contributed by atoms with Gasteiger partial charge in [-0.25, -0.2) is 0 Å². The quantitative estimate of drug-likeness (QED) is 0.647. The topological polar surface area (TPSA) is 32.8 Å². The van der Waals surface area contributed by atoms with Gasteiger partial charge in [-0.2, -0.15) is 0 Å². The van der Waals surface area contributed by atoms with Crippen LogP contribution in [0.15, 0.2) is 53.9 Å². The second-order valence-electron chi connectivity index (χ2n) is 8.00. The summed E-state index contributed by atoms with van der Waals surface area (Å²) < 4.78 is 5.80. The van der Waals surface area contributed by atoms with Gasteiger partial charge in [0, 0.05) is 37.1 Å². The lowest BCUT2D eigenvalue weighted by molar-refractivity contribution is -0.135. The fourth-order valence-electron chi connectivity index (χ4n) is 4.56. The van der Waals surface area contributed by atoms with E-state index in [-0.39, 0.29) is 12.5 Å². The summed E-state index contributed by atoms with van der Waals surface area (Å²) in [5.74, 6) is 0.849. The number of piperidine rings is 1. The van der Waals surface area contributed by atoms with Crippen molar-refractivity contribution in [2.75, 3.05) is 26.2 Å². The molecule has 2 aliphatic heterocycles. The van der Waals surface area contributed by atoms with Gasteiger partial charge in [0.2, 0.25) is 0 Å². The number of hydrogen-bond acceptors (Lipinski definition) is 4. The van der Waals surface area contributed by atoms with Crippen LogP contribution in [-0.2, 0) is 17.8 Å². The number of ether oxygens (including phenoxy) is 1. The molecule has 2 aromatic carbocycles. The molecule has 150 valence electrons. The molecule has 1 fully saturated rings. The average molecular weight is 407 g/mol. The summed E-state index contributed by atoms with van der Waals surface area (Å²) in [5.41, 5.74) is 1.50. The molecule has 0 N–H and O–H groups in total. The van der Waals surface area contributed by atoms with E-state index in [0.29, 0.717) is 6.04 Å². The lowest BCUT2D eigenvalue weighted by atomic mass is 9.99. The van der Waals surface area contributed by atoms with Crippen molar-refractivity contribution in [3.63, 3.8) is 0 Å². The Morgan fingerprint density at radius 2 is 1.86 bits per heavy atom. The van der Waals surface area contributed by atoms with E-state index in [4.69, 9.17) is 4.74 Å². The first-order valence-corrected chi connectivity index (χ1v) is 11.3. The van der Waals surface area contributed by atoms with Gasteiger partial charge in [-0.3, -0.25) is 9.69 Å². The van der Waals surface area contributed by atoms with Crippen LogP contribution in [0.4, 0.5) is 0 Å². The smallest absolute Gasteiger partial charge is 0.260 e. The highest BCUT2D eigenvalue weighted by molar-refractivity contribution is 7.10. The van der Waals surface area contributed by atoms with E-state index in [9.17, 15) is 4.79 Å². The van der Waals surface area contributed by atoms with Gasteiger partial charge in [0.05, 0.1) is 0 Å². The van der Waals surface area contributed by atoms with Crippen molar-refractivity contribution in [1.29, 1.82) is 0 Å². The van der Waals surface area contributed by atoms with Gasteiger partial charge in [-0.1, -0.05) is 30.3 Å². The van der Waals surface area contributed by atoms with Crippen LogP contribution >= 0.6 is 11.3 Å². The summed E-state index contributed by atoms with van der Waals surface area (Å²) in [4.78, 5) is 18.8. The van der Waals surface area contributed by atoms with Crippen LogP contribution in [0.1, 0.15) is 23.3 Å². The molecule has 2 aliphatic rings. The monoisotopic (exact) mass is 406 g/mol. The van der Waals surface area contributed by atoms with Crippen LogP contribution in [0.2, 0.25) is 0 Å². The fourth-order valence-corrected chi connectivity index (χ4v) is 5.45. The zero-order chi connectivity index (χ0) is 19.6. The van der Waals surface area contributed by atoms with E-state index in [1.54, 1.807) is 4.88 Å². The predicted octanol–water partition coefficient (Wildman–Crippen LogP) is 4.33. The largest absolute Gasteiger partial charge is 0.484 e. The maximum absolute atomic E-state index is 12.6. The molecule has 0 saturated carbocycles. The summed E-state index contributed by atoms with van der Waals surface area (Å²) in [6.45, 7) is 4.00. The van der Waals surface area contributed by atoms with Crippen LogP contribution < -0.4 is 4.74 Å². The highest BCUT2D eigenvalue weighted by atomic mass is 32.1. The Morgan fingerprint density at radius 1 is 1.03 bits per heavy atom. The highest BCUT2D eigenvalue weighted by Crippen LogP contribution is 2.28. The third-order valence-corrected chi connectivity index (χ3v) is 7.28. The third-order valence-electron chi connectivity index (χ3n) is 6.25. The Kier molecular flexibility index (Phi) is 5.25. The summed E-state index contributed by atoms with van der Waals surface area (Å²) in [5, 5.41) is 4.53. The Morgan fingerprint density at radius 3 is 2.72 bits per heavy atom. The molecular formula is C24H26N2O2S. The first-order valence-electron chi connectivity index (χ1n) is 10.4. The molecule has 0 unspecified atom stereocenters. The molecule has 1 aromatic heterocycles. The van der Waals surface area contributed by atoms with E-state index in [0.717, 1.165) is 50.2 Å². The molecule has 4 nitrogen and oxygen atoms in total. The van der Waals surface area contributed by atoms with E-state index < -0.39 is 0 Å². The van der Waals surface area contributed by atoms with E-state index in [1.165, 1.54) is 17.4 Å². The molecule has 0 spiro atoms. The number of thiophene rings is 1. The molecule has 0 radical (unpaired) electrons. The van der Waals surface area contributed by atoms with E-state index in [1.807, 2.05) is 46.6 Å². The maximum atomic E-state index is 12.6. The Balaban J connectivity index is 1.12. The van der Waals surface area contributed by atoms with E-state index in [2.05, 4.69) is 28.5 Å². The Labute approximate surface area is 175 Å². The Hall–Kier alpha value is -2.37. The van der Waals surface area contributed by atoms with Crippen molar-refractivity contribution in [2.24, 2.45) is 0 Å². The van der Waals surface area contributed by atoms with Crippen molar-refractivity contribution >= 4 is 28.0 Å². The summed E-state index contributed by atoms with van der Waals surface area (Å²) in [6, 6.07) is 17.0. The lowest BCUT2D eigenvalue weighted by Gasteiger charge is -2.40. The predicted molar refractivity (Wildman–Crippen MR) is 117 cm³/mol. The molecule has 1 saturated heterocycles. The number of hydrogen-bond donors (Lipinski definition) is 0. The molecule has 3 heterocycles. The number of nitrogens with zero attached hydrogens (tertiary/aromatic N) is 2. The standard InChI is InChI=1S/C24H26N2O2S/c27-24(17-28-22-6-5-18-3-1-2-4-19(18)15-22)25-11-7-21(8-12-25)26-13-9-23-20(16-26)10-14-29-23/h1-6,10,14-15,21H,7-9,11-13,16-17H2. The molecule has 3 aromatic rings. The number of rotatable bonds is 4. The first kappa shape index (κ1) is 18.6. The van der Waals surface area contributed by atoms with Gasteiger partial charge >= 0.3 is 0 Å². The number of benzene rings is 2. The van der Waals surface area contributed by atoms with Crippen LogP contribution in [0.25, 0.3) is 10.8 Å². The molecule has 0 bridgehead atoms. The second kappa shape index (κ2) is 8.17. The van der Waals surface area contributed by atoms with Crippen molar-refractivity contribution in [3.8, 4) is 5.75 Å². The van der Waals surface area contributed by atoms with Crippen LogP contribution in [-0.4, -0.2) is 48.0 Å². The minimum Gasteiger partial charge on any atom is -0.484 e. The van der Waals surface area contributed by atoms with Gasteiger partial charge in [-0.05, 0) is 59.2 Å². The lowest BCUT2D eigenvalue weighted by Crippen LogP contribution is -2.48. The van der Waals surface area contributed by atoms with Crippen molar-refractivity contribution < 1.29 is 9.53 Å². The zero-order valence-electron chi connectivity index (χ0n) is 16.5. The molecule has 29 heavy (non-hydrogen) atoms. The molecular weight excluding hydrogens is 380 g/mol. The summed E-state index contributed by atoms with van der Waals surface area (Å²) in [6.07, 6.45) is 3.29. The summed E-state index contributed by atoms with van der Waals surface area (Å²) >= 11 is 1.89. The normalized spacial score (nSPS) is 18.0. The number of amides is 1. The number of carbonyl (C=O) groups excluding carboxylic acids is 1. The molecule has 5 rings (SSSR count). The number of carbonyl (C=O) groups is 1. The van der Waals surface area contributed by atoms with Crippen LogP contribution in [0.5, 0.6) is 5.75 Å². The molecule has 0 aliphatic carbocycles. The average Bonchev–Trinajstić information content (AvgIpc) is 3.25. The van der Waals surface area contributed by atoms with Gasteiger partial charge in [0.1, 0.15) is 5.75 Å². The SMILES string of the molecule is O=C(COc1ccc2ccccc2c1)N1CCC(N2CCc3sccc3C2)CC1. The van der Waals surface area contributed by atoms with Crippen molar-refractivity contribution in [3.05, 3.63) is 64.4 Å². The zero-order valence-corrected chi connectivity index (χ0v) is 17.4. The number of fused-ring (bicyclic) bond motifs is 2. The Bertz CT molecular complexity index is 1010. The van der Waals surface area contributed by atoms with Crippen molar-refractivity contribution in [1.82, 2.24) is 9.80 Å². The maximum Gasteiger partial charge on any atom is 0.260 e. The second-order valence-corrected chi connectivity index (χ2v) is 9.00. The van der Waals surface area contributed by atoms with E-state index >= 15 is 0 Å². The van der Waals surface area contributed by atoms with Gasteiger partial charge < -0.3 is 9.64 Å². The third kappa shape index (κ3) is 4.02. The molecule has 0 atom stereocenters. The molecule has 1 amide bonds. The minimum atomic E-state index is 0.0929.